The molecule has 0 aliphatic heterocycles. The van der Waals surface area contributed by atoms with Gasteiger partial charge in [-0.25, -0.2) is 4.99 Å². The van der Waals surface area contributed by atoms with Crippen molar-refractivity contribution in [3.05, 3.63) is 61.6 Å². The zero-order valence-electron chi connectivity index (χ0n) is 19.3. The lowest BCUT2D eigenvalue weighted by atomic mass is 10.0. The zero-order valence-corrected chi connectivity index (χ0v) is 21.6. The van der Waals surface area contributed by atoms with Gasteiger partial charge in [-0.2, -0.15) is 0 Å². The van der Waals surface area contributed by atoms with Crippen molar-refractivity contribution >= 4 is 63.2 Å². The number of rotatable bonds is 8. The average Bonchev–Trinajstić information content (AvgIpc) is 2.79. The molecule has 0 fully saturated rings. The van der Waals surface area contributed by atoms with Gasteiger partial charge in [0.1, 0.15) is 0 Å². The van der Waals surface area contributed by atoms with Gasteiger partial charge in [-0.05, 0) is 53.9 Å². The highest BCUT2D eigenvalue weighted by Crippen LogP contribution is 2.37. The van der Waals surface area contributed by atoms with Crippen molar-refractivity contribution in [2.75, 3.05) is 0 Å². The van der Waals surface area contributed by atoms with Gasteiger partial charge in [0, 0.05) is 24.5 Å². The Hall–Kier alpha value is -2.62. The number of carbonyl (C=O) groups is 2. The van der Waals surface area contributed by atoms with Crippen molar-refractivity contribution in [3.8, 4) is 0 Å². The van der Waals surface area contributed by atoms with E-state index in [1.807, 2.05) is 20.8 Å². The summed E-state index contributed by atoms with van der Waals surface area (Å²) in [6, 6.07) is 7.64. The van der Waals surface area contributed by atoms with E-state index in [9.17, 15) is 19.7 Å². The first kappa shape index (κ1) is 27.6. The van der Waals surface area contributed by atoms with Gasteiger partial charge in [-0.3, -0.25) is 30.6 Å². The molecule has 182 valence electrons. The number of amides is 1. The van der Waals surface area contributed by atoms with E-state index in [1.54, 1.807) is 25.1 Å². The number of halogens is 2. The fourth-order valence-corrected chi connectivity index (χ4v) is 4.06. The molecule has 0 radical (unpaired) electrons. The van der Waals surface area contributed by atoms with Gasteiger partial charge in [-0.1, -0.05) is 50.9 Å². The highest BCUT2D eigenvalue weighted by atomic mass is 35.5. The molecule has 0 unspecified atom stereocenters. The van der Waals surface area contributed by atoms with E-state index in [2.05, 4.69) is 15.8 Å². The van der Waals surface area contributed by atoms with E-state index in [-0.39, 0.29) is 45.3 Å². The van der Waals surface area contributed by atoms with E-state index in [0.29, 0.717) is 28.6 Å². The second-order valence-electron chi connectivity index (χ2n) is 7.64. The second kappa shape index (κ2) is 12.7. The lowest BCUT2D eigenvalue weighted by Gasteiger charge is -2.15. The molecule has 0 aliphatic rings. The predicted molar refractivity (Wildman–Crippen MR) is 137 cm³/mol. The lowest BCUT2D eigenvalue weighted by Crippen LogP contribution is -2.40. The van der Waals surface area contributed by atoms with Crippen LogP contribution in [0.1, 0.15) is 68.8 Å². The molecule has 11 heteroatoms. The molecule has 0 heterocycles. The van der Waals surface area contributed by atoms with Gasteiger partial charge in [-0.15, -0.1) is 0 Å². The van der Waals surface area contributed by atoms with Crippen LogP contribution in [0.4, 0.5) is 11.4 Å². The van der Waals surface area contributed by atoms with Crippen LogP contribution in [0.15, 0.2) is 40.2 Å². The smallest absolute Gasteiger partial charge is 0.284 e. The Labute approximate surface area is 212 Å². The number of hydrazine groups is 1. The predicted octanol–water partition coefficient (Wildman–Crippen LogP) is 6.82. The van der Waals surface area contributed by atoms with Gasteiger partial charge in [0.15, 0.2) is 11.0 Å². The van der Waals surface area contributed by atoms with Crippen LogP contribution in [-0.2, 0) is 4.79 Å². The lowest BCUT2D eigenvalue weighted by molar-refractivity contribution is -0.387. The van der Waals surface area contributed by atoms with Gasteiger partial charge >= 0.3 is 0 Å². The monoisotopic (exact) mass is 524 g/mol. The quantitative estimate of drug-likeness (QED) is 0.0977. The number of nitrogens with zero attached hydrogens (tertiary/aromatic N) is 2. The van der Waals surface area contributed by atoms with Crippen LogP contribution in [0.3, 0.4) is 0 Å². The van der Waals surface area contributed by atoms with Crippen molar-refractivity contribution in [1.29, 1.82) is 0 Å². The fraction of sp³-hybridized carbons (Fsp3) is 0.348. The van der Waals surface area contributed by atoms with Crippen LogP contribution < -0.4 is 10.9 Å². The van der Waals surface area contributed by atoms with E-state index in [0.717, 1.165) is 17.3 Å². The Morgan fingerprint density at radius 2 is 1.79 bits per heavy atom. The zero-order chi connectivity index (χ0) is 25.4. The number of thioether (sulfide) groups is 1. The minimum Gasteiger partial charge on any atom is -0.294 e. The summed E-state index contributed by atoms with van der Waals surface area (Å²) >= 11 is 13.3. The number of amidine groups is 1. The summed E-state index contributed by atoms with van der Waals surface area (Å²) in [7, 11) is 0. The van der Waals surface area contributed by atoms with Gasteiger partial charge in [0.25, 0.3) is 5.69 Å². The molecule has 8 nitrogen and oxygen atoms in total. The first-order valence-corrected chi connectivity index (χ1v) is 12.3. The summed E-state index contributed by atoms with van der Waals surface area (Å²) < 4.78 is 0. The molecule has 2 rings (SSSR count). The molecule has 0 aromatic heterocycles. The van der Waals surface area contributed by atoms with E-state index in [1.165, 1.54) is 12.1 Å². The maximum atomic E-state index is 12.2. The molecule has 2 N–H and O–H groups in total. The van der Waals surface area contributed by atoms with E-state index < -0.39 is 4.92 Å². The molecule has 0 spiro atoms. The van der Waals surface area contributed by atoms with E-state index in [4.69, 9.17) is 23.2 Å². The Balaban J connectivity index is 2.55. The molecule has 0 atom stereocenters. The van der Waals surface area contributed by atoms with Crippen LogP contribution in [0.5, 0.6) is 0 Å². The topological polar surface area (TPSA) is 114 Å². The number of benzene rings is 2. The van der Waals surface area contributed by atoms with Crippen LogP contribution in [0.2, 0.25) is 10.0 Å². The molecule has 0 aliphatic carbocycles. The standard InChI is InChI=1S/C23H26Cl2N4O4S/c1-5-7-20(30)14-8-9-21(19(10-14)29(32)33)34-23(28-27-22(31)6-2)26-18-12-17(25)16(24)11-15(18)13(3)4/h8-13H,5-7H2,1-4H3,(H,26,28)(H,27,31). The first-order valence-electron chi connectivity index (χ1n) is 10.7. The van der Waals surface area contributed by atoms with Crippen molar-refractivity contribution in [1.82, 2.24) is 10.9 Å². The number of carbonyl (C=O) groups excluding carboxylic acids is 2. The van der Waals surface area contributed by atoms with Gasteiger partial charge in [0.2, 0.25) is 5.91 Å². The summed E-state index contributed by atoms with van der Waals surface area (Å²) in [4.78, 5) is 40.1. The normalized spacial score (nSPS) is 11.4. The summed E-state index contributed by atoms with van der Waals surface area (Å²) in [6.07, 6.45) is 1.17. The number of aliphatic imine (C=N–C) groups is 1. The average molecular weight is 525 g/mol. The summed E-state index contributed by atoms with van der Waals surface area (Å²) in [5.74, 6) is -0.397. The third-order valence-corrected chi connectivity index (χ3v) is 6.38. The third-order valence-electron chi connectivity index (χ3n) is 4.70. The molecule has 1 amide bonds. The maximum Gasteiger partial charge on any atom is 0.284 e. The highest BCUT2D eigenvalue weighted by Gasteiger charge is 2.21. The molecule has 2 aromatic rings. The van der Waals surface area contributed by atoms with Crippen LogP contribution >= 0.6 is 35.0 Å². The highest BCUT2D eigenvalue weighted by molar-refractivity contribution is 8.14. The molecule has 0 bridgehead atoms. The number of nitrogens with one attached hydrogen (secondary N) is 2. The molecule has 2 aromatic carbocycles. The van der Waals surface area contributed by atoms with Crippen LogP contribution in [-0.4, -0.2) is 21.8 Å². The number of nitro groups is 1. The minimum atomic E-state index is -0.550. The Kier molecular flexibility index (Phi) is 10.3. The third kappa shape index (κ3) is 7.44. The van der Waals surface area contributed by atoms with Gasteiger partial charge in [0.05, 0.1) is 25.6 Å². The first-order chi connectivity index (χ1) is 16.1. The van der Waals surface area contributed by atoms with Gasteiger partial charge < -0.3 is 0 Å². The Morgan fingerprint density at radius 1 is 1.12 bits per heavy atom. The van der Waals surface area contributed by atoms with Crippen molar-refractivity contribution in [3.63, 3.8) is 0 Å². The number of Topliss-reactive ketones (excluding diaryl/α,β-unsaturated/α-hetero) is 1. The molecule has 34 heavy (non-hydrogen) atoms. The van der Waals surface area contributed by atoms with Crippen molar-refractivity contribution < 1.29 is 14.5 Å². The van der Waals surface area contributed by atoms with Crippen LogP contribution in [0, 0.1) is 10.1 Å². The summed E-state index contributed by atoms with van der Waals surface area (Å²) in [6.45, 7) is 7.49. The Morgan fingerprint density at radius 3 is 2.38 bits per heavy atom. The SMILES string of the molecule is CCCC(=O)c1ccc(SC(=Nc2cc(Cl)c(Cl)cc2C(C)C)NNC(=O)CC)c([N+](=O)[O-])c1. The van der Waals surface area contributed by atoms with Crippen molar-refractivity contribution in [2.45, 2.75) is 57.8 Å². The maximum absolute atomic E-state index is 12.2. The largest absolute Gasteiger partial charge is 0.294 e. The Bertz CT molecular complexity index is 1120. The second-order valence-corrected chi connectivity index (χ2v) is 9.48. The number of hydrogen-bond acceptors (Lipinski definition) is 6. The number of nitro benzene ring substituents is 1. The molecule has 0 saturated heterocycles. The number of hydrogen-bond donors (Lipinski definition) is 2. The van der Waals surface area contributed by atoms with E-state index >= 15 is 0 Å². The fourth-order valence-electron chi connectivity index (χ4n) is 2.90. The number of ketones is 1. The molecule has 0 saturated carbocycles. The summed E-state index contributed by atoms with van der Waals surface area (Å²) in [5.41, 5.74) is 6.61. The molecular weight excluding hydrogens is 499 g/mol. The summed E-state index contributed by atoms with van der Waals surface area (Å²) in [5, 5.41) is 12.6. The van der Waals surface area contributed by atoms with Crippen LogP contribution in [0.25, 0.3) is 0 Å². The minimum absolute atomic E-state index is 0.0585. The molecular formula is C23H26Cl2N4O4S. The van der Waals surface area contributed by atoms with Crippen molar-refractivity contribution in [2.24, 2.45) is 4.99 Å².